The van der Waals surface area contributed by atoms with Gasteiger partial charge in [0.05, 0.1) is 6.42 Å². The number of fused-ring (bicyclic) bond motifs is 1. The Morgan fingerprint density at radius 1 is 1.37 bits per heavy atom. The minimum Gasteiger partial charge on any atom is -0.312 e. The Morgan fingerprint density at radius 3 is 2.84 bits per heavy atom. The summed E-state index contributed by atoms with van der Waals surface area (Å²) in [6.45, 7) is 2.97. The van der Waals surface area contributed by atoms with Crippen LogP contribution in [-0.4, -0.2) is 25.3 Å². The van der Waals surface area contributed by atoms with E-state index < -0.39 is 18.6 Å². The van der Waals surface area contributed by atoms with Crippen molar-refractivity contribution in [2.45, 2.75) is 38.0 Å². The largest absolute Gasteiger partial charge is 0.390 e. The lowest BCUT2D eigenvalue weighted by Gasteiger charge is -2.28. The SMILES string of the molecule is CC(CC(F)(F)F)NCC1NCCc2ccccc21. The molecular formula is C14H19F3N2. The lowest BCUT2D eigenvalue weighted by atomic mass is 9.94. The normalized spacial score (nSPS) is 20.9. The van der Waals surface area contributed by atoms with Crippen LogP contribution in [0.1, 0.15) is 30.5 Å². The third-order valence-electron chi connectivity index (χ3n) is 3.42. The first-order valence-corrected chi connectivity index (χ1v) is 6.57. The quantitative estimate of drug-likeness (QED) is 0.880. The van der Waals surface area contributed by atoms with Gasteiger partial charge in [0.15, 0.2) is 0 Å². The van der Waals surface area contributed by atoms with Crippen LogP contribution < -0.4 is 10.6 Å². The van der Waals surface area contributed by atoms with E-state index in [-0.39, 0.29) is 6.04 Å². The third kappa shape index (κ3) is 4.21. The van der Waals surface area contributed by atoms with E-state index in [0.29, 0.717) is 6.54 Å². The number of halogens is 3. The maximum atomic E-state index is 12.3. The van der Waals surface area contributed by atoms with Crippen LogP contribution >= 0.6 is 0 Å². The predicted molar refractivity (Wildman–Crippen MR) is 69.0 cm³/mol. The Morgan fingerprint density at radius 2 is 2.11 bits per heavy atom. The van der Waals surface area contributed by atoms with E-state index in [4.69, 9.17) is 0 Å². The van der Waals surface area contributed by atoms with E-state index in [1.165, 1.54) is 11.1 Å². The Hall–Kier alpha value is -1.07. The number of alkyl halides is 3. The van der Waals surface area contributed by atoms with Crippen molar-refractivity contribution >= 4 is 0 Å². The molecule has 0 fully saturated rings. The highest BCUT2D eigenvalue weighted by atomic mass is 19.4. The highest BCUT2D eigenvalue weighted by Crippen LogP contribution is 2.24. The molecule has 0 aromatic heterocycles. The molecule has 19 heavy (non-hydrogen) atoms. The van der Waals surface area contributed by atoms with Crippen LogP contribution in [0.4, 0.5) is 13.2 Å². The van der Waals surface area contributed by atoms with Gasteiger partial charge in [-0.25, -0.2) is 0 Å². The van der Waals surface area contributed by atoms with E-state index in [1.54, 1.807) is 6.92 Å². The number of rotatable bonds is 4. The molecule has 0 spiro atoms. The third-order valence-corrected chi connectivity index (χ3v) is 3.42. The first kappa shape index (κ1) is 14.3. The van der Waals surface area contributed by atoms with Crippen molar-refractivity contribution in [3.05, 3.63) is 35.4 Å². The van der Waals surface area contributed by atoms with Gasteiger partial charge in [0.2, 0.25) is 0 Å². The minimum absolute atomic E-state index is 0.0978. The van der Waals surface area contributed by atoms with Gasteiger partial charge in [-0.2, -0.15) is 13.2 Å². The van der Waals surface area contributed by atoms with E-state index in [0.717, 1.165) is 13.0 Å². The van der Waals surface area contributed by atoms with E-state index in [2.05, 4.69) is 16.7 Å². The first-order valence-electron chi connectivity index (χ1n) is 6.57. The van der Waals surface area contributed by atoms with Crippen molar-refractivity contribution in [3.63, 3.8) is 0 Å². The van der Waals surface area contributed by atoms with Crippen molar-refractivity contribution in [1.82, 2.24) is 10.6 Å². The smallest absolute Gasteiger partial charge is 0.312 e. The van der Waals surface area contributed by atoms with Crippen molar-refractivity contribution in [2.75, 3.05) is 13.1 Å². The van der Waals surface area contributed by atoms with E-state index in [1.807, 2.05) is 18.2 Å². The Labute approximate surface area is 111 Å². The van der Waals surface area contributed by atoms with Gasteiger partial charge in [-0.1, -0.05) is 24.3 Å². The van der Waals surface area contributed by atoms with Gasteiger partial charge in [-0.15, -0.1) is 0 Å². The van der Waals surface area contributed by atoms with Gasteiger partial charge < -0.3 is 10.6 Å². The second-order valence-corrected chi connectivity index (χ2v) is 5.08. The maximum Gasteiger partial charge on any atom is 0.390 e. The molecule has 5 heteroatoms. The fourth-order valence-corrected chi connectivity index (χ4v) is 2.51. The summed E-state index contributed by atoms with van der Waals surface area (Å²) in [5, 5.41) is 6.32. The van der Waals surface area contributed by atoms with E-state index >= 15 is 0 Å². The molecular weight excluding hydrogens is 253 g/mol. The number of nitrogens with one attached hydrogen (secondary N) is 2. The fraction of sp³-hybridized carbons (Fsp3) is 0.571. The van der Waals surface area contributed by atoms with Crippen LogP contribution in [0.25, 0.3) is 0 Å². The number of benzene rings is 1. The van der Waals surface area contributed by atoms with Crippen LogP contribution in [0.2, 0.25) is 0 Å². The van der Waals surface area contributed by atoms with Crippen molar-refractivity contribution < 1.29 is 13.2 Å². The standard InChI is InChI=1S/C14H19F3N2/c1-10(8-14(15,16)17)19-9-13-12-5-3-2-4-11(12)6-7-18-13/h2-5,10,13,18-19H,6-9H2,1H3. The number of hydrogen-bond donors (Lipinski definition) is 2. The van der Waals surface area contributed by atoms with Crippen molar-refractivity contribution in [1.29, 1.82) is 0 Å². The molecule has 1 aliphatic rings. The van der Waals surface area contributed by atoms with Gasteiger partial charge in [0.25, 0.3) is 0 Å². The zero-order valence-electron chi connectivity index (χ0n) is 10.9. The molecule has 2 N–H and O–H groups in total. The average Bonchev–Trinajstić information content (AvgIpc) is 2.34. The molecule has 0 radical (unpaired) electrons. The summed E-state index contributed by atoms with van der Waals surface area (Å²) >= 11 is 0. The van der Waals surface area contributed by atoms with Gasteiger partial charge in [0, 0.05) is 18.6 Å². The molecule has 2 rings (SSSR count). The lowest BCUT2D eigenvalue weighted by molar-refractivity contribution is -0.139. The molecule has 0 saturated carbocycles. The zero-order valence-corrected chi connectivity index (χ0v) is 10.9. The summed E-state index contributed by atoms with van der Waals surface area (Å²) in [5.41, 5.74) is 2.48. The predicted octanol–water partition coefficient (Wildman–Crippen LogP) is 2.80. The van der Waals surface area contributed by atoms with Crippen molar-refractivity contribution in [3.8, 4) is 0 Å². The second kappa shape index (κ2) is 5.92. The molecule has 1 heterocycles. The molecule has 1 aliphatic heterocycles. The molecule has 0 bridgehead atoms. The van der Waals surface area contributed by atoms with Gasteiger partial charge in [-0.05, 0) is 31.0 Å². The van der Waals surface area contributed by atoms with Crippen LogP contribution in [0.15, 0.2) is 24.3 Å². The highest BCUT2D eigenvalue weighted by molar-refractivity contribution is 5.32. The Kier molecular flexibility index (Phi) is 4.47. The summed E-state index contributed by atoms with van der Waals surface area (Å²) in [4.78, 5) is 0. The summed E-state index contributed by atoms with van der Waals surface area (Å²) in [6.07, 6.45) is -3.92. The summed E-state index contributed by atoms with van der Waals surface area (Å²) < 4.78 is 36.8. The minimum atomic E-state index is -4.11. The topological polar surface area (TPSA) is 24.1 Å². The molecule has 1 aromatic rings. The fourth-order valence-electron chi connectivity index (χ4n) is 2.51. The molecule has 0 aliphatic carbocycles. The summed E-state index contributed by atoms with van der Waals surface area (Å²) in [5.74, 6) is 0. The molecule has 1 aromatic carbocycles. The monoisotopic (exact) mass is 272 g/mol. The average molecular weight is 272 g/mol. The zero-order chi connectivity index (χ0) is 13.9. The van der Waals surface area contributed by atoms with Crippen LogP contribution in [0.3, 0.4) is 0 Å². The van der Waals surface area contributed by atoms with Crippen LogP contribution in [0.5, 0.6) is 0 Å². The maximum absolute atomic E-state index is 12.3. The molecule has 2 unspecified atom stereocenters. The number of hydrogen-bond acceptors (Lipinski definition) is 2. The Balaban J connectivity index is 1.91. The van der Waals surface area contributed by atoms with Gasteiger partial charge in [0.1, 0.15) is 0 Å². The van der Waals surface area contributed by atoms with Gasteiger partial charge in [-0.3, -0.25) is 0 Å². The summed E-state index contributed by atoms with van der Waals surface area (Å²) in [6, 6.07) is 7.64. The van der Waals surface area contributed by atoms with Gasteiger partial charge >= 0.3 is 6.18 Å². The molecule has 106 valence electrons. The molecule has 0 amide bonds. The molecule has 2 atom stereocenters. The molecule has 2 nitrogen and oxygen atoms in total. The van der Waals surface area contributed by atoms with Crippen LogP contribution in [-0.2, 0) is 6.42 Å². The highest BCUT2D eigenvalue weighted by Gasteiger charge is 2.30. The Bertz CT molecular complexity index is 417. The first-order chi connectivity index (χ1) is 8.96. The van der Waals surface area contributed by atoms with E-state index in [9.17, 15) is 13.2 Å². The summed E-state index contributed by atoms with van der Waals surface area (Å²) in [7, 11) is 0. The molecule has 0 saturated heterocycles. The van der Waals surface area contributed by atoms with Crippen LogP contribution in [0, 0.1) is 0 Å². The lowest BCUT2D eigenvalue weighted by Crippen LogP contribution is -2.40. The van der Waals surface area contributed by atoms with Crippen molar-refractivity contribution in [2.24, 2.45) is 0 Å². The second-order valence-electron chi connectivity index (χ2n) is 5.08.